The number of para-hydroxylation sites is 2. The first-order chi connectivity index (χ1) is 17.0. The third-order valence-corrected chi connectivity index (χ3v) is 5.84. The summed E-state index contributed by atoms with van der Waals surface area (Å²) in [6.07, 6.45) is 1.80. The summed E-state index contributed by atoms with van der Waals surface area (Å²) in [5.74, 6) is 0.371. The van der Waals surface area contributed by atoms with Gasteiger partial charge in [0.2, 0.25) is 5.78 Å². The minimum atomic E-state index is -0.664. The lowest BCUT2D eigenvalue weighted by atomic mass is 10.1. The molecule has 0 radical (unpaired) electrons. The number of rotatable bonds is 6. The average molecular weight is 473 g/mol. The maximum absolute atomic E-state index is 13.5. The zero-order valence-corrected chi connectivity index (χ0v) is 19.5. The summed E-state index contributed by atoms with van der Waals surface area (Å²) in [4.78, 5) is 43.2. The van der Waals surface area contributed by atoms with Crippen molar-refractivity contribution in [3.63, 3.8) is 0 Å². The first-order valence-corrected chi connectivity index (χ1v) is 11.0. The number of benzene rings is 2. The van der Waals surface area contributed by atoms with Crippen LogP contribution in [0.1, 0.15) is 6.92 Å². The molecular formula is C25H23N5O5. The Kier molecular flexibility index (Phi) is 5.48. The minimum absolute atomic E-state index is 0.148. The number of carbonyl (C=O) groups is 1. The van der Waals surface area contributed by atoms with E-state index in [9.17, 15) is 14.4 Å². The molecule has 2 aromatic carbocycles. The van der Waals surface area contributed by atoms with Crippen molar-refractivity contribution in [1.29, 1.82) is 0 Å². The fourth-order valence-electron chi connectivity index (χ4n) is 4.24. The fraction of sp³-hybridized carbons (Fsp3) is 0.200. The van der Waals surface area contributed by atoms with Gasteiger partial charge in [0.15, 0.2) is 11.2 Å². The van der Waals surface area contributed by atoms with Crippen molar-refractivity contribution in [2.24, 2.45) is 7.05 Å². The summed E-state index contributed by atoms with van der Waals surface area (Å²) in [5.41, 5.74) is 1.49. The van der Waals surface area contributed by atoms with E-state index >= 15 is 0 Å². The molecule has 10 nitrogen and oxygen atoms in total. The van der Waals surface area contributed by atoms with E-state index in [1.54, 1.807) is 24.6 Å². The molecule has 0 aliphatic heterocycles. The largest absolute Gasteiger partial charge is 0.495 e. The smallest absolute Gasteiger partial charge is 0.333 e. The topological polar surface area (TPSA) is 102 Å². The van der Waals surface area contributed by atoms with Gasteiger partial charge in [0.25, 0.3) is 5.56 Å². The van der Waals surface area contributed by atoms with Crippen LogP contribution in [-0.2, 0) is 23.1 Å². The lowest BCUT2D eigenvalue weighted by Crippen LogP contribution is -2.41. The van der Waals surface area contributed by atoms with Crippen molar-refractivity contribution in [2.45, 2.75) is 13.5 Å². The van der Waals surface area contributed by atoms with Crippen LogP contribution < -0.4 is 16.0 Å². The van der Waals surface area contributed by atoms with Crippen molar-refractivity contribution in [3.05, 3.63) is 81.6 Å². The van der Waals surface area contributed by atoms with Gasteiger partial charge < -0.3 is 9.47 Å². The van der Waals surface area contributed by atoms with Crippen LogP contribution in [0.5, 0.6) is 5.75 Å². The first kappa shape index (κ1) is 22.2. The Balaban J connectivity index is 1.89. The lowest BCUT2D eigenvalue weighted by molar-refractivity contribution is -0.143. The molecule has 0 spiro atoms. The number of esters is 1. The second kappa shape index (κ2) is 8.64. The molecule has 0 unspecified atom stereocenters. The Hall–Kier alpha value is -4.60. The average Bonchev–Trinajstić information content (AvgIpc) is 3.42. The molecule has 5 aromatic rings. The van der Waals surface area contributed by atoms with Crippen LogP contribution in [0.2, 0.25) is 0 Å². The van der Waals surface area contributed by atoms with Crippen LogP contribution in [0.25, 0.3) is 33.9 Å². The third kappa shape index (κ3) is 3.50. The van der Waals surface area contributed by atoms with Gasteiger partial charge in [-0.25, -0.2) is 9.36 Å². The zero-order chi connectivity index (χ0) is 24.7. The molecule has 0 aliphatic carbocycles. The summed E-state index contributed by atoms with van der Waals surface area (Å²) in [5, 5.41) is 0. The number of hydrogen-bond acceptors (Lipinski definition) is 6. The molecule has 0 saturated heterocycles. The van der Waals surface area contributed by atoms with Gasteiger partial charge in [-0.05, 0) is 19.1 Å². The quantitative estimate of drug-likeness (QED) is 0.351. The predicted octanol–water partition coefficient (Wildman–Crippen LogP) is 2.38. The number of methoxy groups -OCH3 is 1. The van der Waals surface area contributed by atoms with E-state index in [0.717, 1.165) is 21.5 Å². The van der Waals surface area contributed by atoms with Crippen LogP contribution in [0.15, 0.2) is 70.4 Å². The SMILES string of the molecule is CCOC(=O)Cn1c(=O)c2c(nc3n(-c4ccccc4OC)c(-c4ccccc4)cn23)n(C)c1=O. The van der Waals surface area contributed by atoms with Crippen LogP contribution in [0, 0.1) is 0 Å². The Bertz CT molecular complexity index is 1690. The second-order valence-electron chi connectivity index (χ2n) is 7.88. The molecule has 0 fully saturated rings. The molecule has 0 saturated carbocycles. The van der Waals surface area contributed by atoms with Crippen molar-refractivity contribution in [3.8, 4) is 22.7 Å². The molecule has 0 aliphatic rings. The van der Waals surface area contributed by atoms with Gasteiger partial charge in [0.05, 0.1) is 25.1 Å². The summed E-state index contributed by atoms with van der Waals surface area (Å²) < 4.78 is 16.2. The molecular weight excluding hydrogens is 450 g/mol. The summed E-state index contributed by atoms with van der Waals surface area (Å²) in [7, 11) is 3.10. The van der Waals surface area contributed by atoms with E-state index in [-0.39, 0.29) is 17.8 Å². The minimum Gasteiger partial charge on any atom is -0.495 e. The Morgan fingerprint density at radius 3 is 2.46 bits per heavy atom. The van der Waals surface area contributed by atoms with E-state index in [1.807, 2.05) is 59.2 Å². The molecule has 35 heavy (non-hydrogen) atoms. The molecule has 10 heteroatoms. The highest BCUT2D eigenvalue weighted by atomic mass is 16.5. The van der Waals surface area contributed by atoms with Gasteiger partial charge in [-0.3, -0.25) is 23.1 Å². The molecule has 0 N–H and O–H groups in total. The summed E-state index contributed by atoms with van der Waals surface area (Å²) >= 11 is 0. The van der Waals surface area contributed by atoms with Gasteiger partial charge in [-0.15, -0.1) is 0 Å². The number of nitrogens with zero attached hydrogens (tertiary/aromatic N) is 5. The van der Waals surface area contributed by atoms with Gasteiger partial charge in [-0.2, -0.15) is 4.98 Å². The van der Waals surface area contributed by atoms with Crippen molar-refractivity contribution < 1.29 is 14.3 Å². The van der Waals surface area contributed by atoms with Gasteiger partial charge in [0, 0.05) is 18.8 Å². The van der Waals surface area contributed by atoms with E-state index < -0.39 is 23.8 Å². The van der Waals surface area contributed by atoms with Crippen molar-refractivity contribution >= 4 is 22.9 Å². The van der Waals surface area contributed by atoms with Crippen molar-refractivity contribution in [1.82, 2.24) is 23.1 Å². The summed E-state index contributed by atoms with van der Waals surface area (Å²) in [6, 6.07) is 17.2. The number of imidazole rings is 2. The standard InChI is InChI=1S/C25H23N5O5/c1-4-35-20(31)15-29-23(32)21-22(27(2)25(29)33)26-24-28(21)14-18(16-10-6-5-7-11-16)30(24)17-12-8-9-13-19(17)34-3/h5-14H,4,15H2,1-3H3. The second-order valence-corrected chi connectivity index (χ2v) is 7.88. The molecule has 3 heterocycles. The lowest BCUT2D eigenvalue weighted by Gasteiger charge is -2.13. The van der Waals surface area contributed by atoms with E-state index in [1.165, 1.54) is 11.6 Å². The third-order valence-electron chi connectivity index (χ3n) is 5.84. The van der Waals surface area contributed by atoms with Crippen molar-refractivity contribution in [2.75, 3.05) is 13.7 Å². The Morgan fingerprint density at radius 2 is 1.74 bits per heavy atom. The highest BCUT2D eigenvalue weighted by molar-refractivity contribution is 5.80. The number of hydrogen-bond donors (Lipinski definition) is 0. The van der Waals surface area contributed by atoms with E-state index in [2.05, 4.69) is 0 Å². The normalized spacial score (nSPS) is 11.3. The highest BCUT2D eigenvalue weighted by Gasteiger charge is 2.24. The van der Waals surface area contributed by atoms with Gasteiger partial charge in [0.1, 0.15) is 12.3 Å². The predicted molar refractivity (Wildman–Crippen MR) is 130 cm³/mol. The monoisotopic (exact) mass is 473 g/mol. The first-order valence-electron chi connectivity index (χ1n) is 11.0. The zero-order valence-electron chi connectivity index (χ0n) is 19.5. The van der Waals surface area contributed by atoms with Gasteiger partial charge >= 0.3 is 11.7 Å². The number of carbonyl (C=O) groups excluding carboxylic acids is 1. The number of aryl methyl sites for hydroxylation is 1. The number of fused-ring (bicyclic) bond motifs is 3. The van der Waals surface area contributed by atoms with E-state index in [0.29, 0.717) is 11.5 Å². The number of aromatic nitrogens is 5. The molecule has 178 valence electrons. The summed E-state index contributed by atoms with van der Waals surface area (Å²) in [6.45, 7) is 1.32. The maximum Gasteiger partial charge on any atom is 0.333 e. The molecule has 3 aromatic heterocycles. The highest BCUT2D eigenvalue weighted by Crippen LogP contribution is 2.32. The van der Waals surface area contributed by atoms with Gasteiger partial charge in [-0.1, -0.05) is 42.5 Å². The Morgan fingerprint density at radius 1 is 1.03 bits per heavy atom. The van der Waals surface area contributed by atoms with Crippen LogP contribution in [0.3, 0.4) is 0 Å². The molecule has 0 atom stereocenters. The number of ether oxygens (including phenoxy) is 2. The molecule has 0 amide bonds. The van der Waals surface area contributed by atoms with Crippen LogP contribution in [0.4, 0.5) is 0 Å². The maximum atomic E-state index is 13.5. The van der Waals surface area contributed by atoms with Crippen LogP contribution in [-0.4, -0.2) is 42.8 Å². The van der Waals surface area contributed by atoms with Crippen LogP contribution >= 0.6 is 0 Å². The van der Waals surface area contributed by atoms with E-state index in [4.69, 9.17) is 14.5 Å². The fourth-order valence-corrected chi connectivity index (χ4v) is 4.24. The Labute approximate surface area is 199 Å². The molecule has 0 bridgehead atoms. The molecule has 5 rings (SSSR count).